The van der Waals surface area contributed by atoms with Crippen molar-refractivity contribution in [2.75, 3.05) is 0 Å². The Labute approximate surface area is 112 Å². The van der Waals surface area contributed by atoms with Crippen molar-refractivity contribution in [2.24, 2.45) is 5.73 Å². The average molecular weight is 290 g/mol. The van der Waals surface area contributed by atoms with E-state index < -0.39 is 17.5 Å². The van der Waals surface area contributed by atoms with Gasteiger partial charge in [-0.25, -0.2) is 4.98 Å². The van der Waals surface area contributed by atoms with Gasteiger partial charge in [-0.3, -0.25) is 0 Å². The molecule has 1 aromatic heterocycles. The van der Waals surface area contributed by atoms with E-state index in [2.05, 4.69) is 4.98 Å². The molecule has 104 valence electrons. The van der Waals surface area contributed by atoms with Gasteiger partial charge in [0.15, 0.2) is 5.58 Å². The molecule has 1 heterocycles. The fraction of sp³-hybridized carbons (Fsp3) is 0.417. The Kier molecular flexibility index (Phi) is 4.05. The normalized spacial score (nSPS) is 15.6. The van der Waals surface area contributed by atoms with Gasteiger partial charge >= 0.3 is 6.18 Å². The summed E-state index contributed by atoms with van der Waals surface area (Å²) in [5.41, 5.74) is 6.54. The number of hydrogen-bond donors (Lipinski definition) is 1. The van der Waals surface area contributed by atoms with Crippen LogP contribution >= 0.6 is 11.8 Å². The van der Waals surface area contributed by atoms with Crippen molar-refractivity contribution in [1.29, 1.82) is 0 Å². The molecule has 0 aliphatic heterocycles. The number of nitrogens with two attached hydrogens (primary N) is 1. The zero-order chi connectivity index (χ0) is 14.0. The van der Waals surface area contributed by atoms with Gasteiger partial charge in [0.25, 0.3) is 5.22 Å². The molecule has 2 atom stereocenters. The van der Waals surface area contributed by atoms with Gasteiger partial charge in [-0.15, -0.1) is 0 Å². The van der Waals surface area contributed by atoms with Gasteiger partial charge < -0.3 is 10.2 Å². The molecule has 0 amide bonds. The summed E-state index contributed by atoms with van der Waals surface area (Å²) in [7, 11) is 0. The molecular weight excluding hydrogens is 277 g/mol. The Hall–Kier alpha value is -1.21. The second-order valence-electron chi connectivity index (χ2n) is 4.10. The van der Waals surface area contributed by atoms with Crippen molar-refractivity contribution in [2.45, 2.75) is 36.0 Å². The van der Waals surface area contributed by atoms with Crippen LogP contribution in [-0.4, -0.2) is 22.5 Å². The van der Waals surface area contributed by atoms with E-state index in [9.17, 15) is 13.2 Å². The highest BCUT2D eigenvalue weighted by Gasteiger charge is 2.44. The molecule has 1 aromatic carbocycles. The molecule has 2 unspecified atom stereocenters. The van der Waals surface area contributed by atoms with Crippen LogP contribution in [0.1, 0.15) is 13.3 Å². The summed E-state index contributed by atoms with van der Waals surface area (Å²) >= 11 is 0.526. The van der Waals surface area contributed by atoms with E-state index in [4.69, 9.17) is 10.2 Å². The summed E-state index contributed by atoms with van der Waals surface area (Å²) in [5, 5.41) is -1.72. The quantitative estimate of drug-likeness (QED) is 0.874. The van der Waals surface area contributed by atoms with Crippen LogP contribution in [0.3, 0.4) is 0 Å². The maximum Gasteiger partial charge on any atom is 0.402 e. The number of alkyl halides is 3. The Balaban J connectivity index is 2.25. The predicted octanol–water partition coefficient (Wildman–Crippen LogP) is 3.59. The highest BCUT2D eigenvalue weighted by Crippen LogP contribution is 2.38. The van der Waals surface area contributed by atoms with Gasteiger partial charge in [-0.05, 0) is 18.6 Å². The molecule has 0 aliphatic carbocycles. The molecule has 3 nitrogen and oxygen atoms in total. The Bertz CT molecular complexity index is 522. The van der Waals surface area contributed by atoms with Gasteiger partial charge in [-0.2, -0.15) is 13.2 Å². The fourth-order valence-electron chi connectivity index (χ4n) is 1.62. The summed E-state index contributed by atoms with van der Waals surface area (Å²) in [6.07, 6.45) is -4.15. The van der Waals surface area contributed by atoms with Gasteiger partial charge in [0.05, 0.1) is 0 Å². The van der Waals surface area contributed by atoms with Gasteiger partial charge in [-0.1, -0.05) is 30.8 Å². The monoisotopic (exact) mass is 290 g/mol. The maximum atomic E-state index is 12.9. The zero-order valence-electron chi connectivity index (χ0n) is 10.1. The van der Waals surface area contributed by atoms with Crippen molar-refractivity contribution < 1.29 is 17.6 Å². The Morgan fingerprint density at radius 1 is 1.37 bits per heavy atom. The van der Waals surface area contributed by atoms with Crippen LogP contribution in [0.25, 0.3) is 11.1 Å². The first-order valence-electron chi connectivity index (χ1n) is 5.76. The standard InChI is InChI=1S/C12H13F3N2OS/c1-2-7(16)10(12(13,14)15)19-11-17-8-5-3-4-6-9(8)18-11/h3-7,10H,2,16H2,1H3. The lowest BCUT2D eigenvalue weighted by Gasteiger charge is -2.23. The molecule has 2 N–H and O–H groups in total. The van der Waals surface area contributed by atoms with Crippen LogP contribution in [0.15, 0.2) is 33.9 Å². The van der Waals surface area contributed by atoms with Crippen molar-refractivity contribution in [3.05, 3.63) is 24.3 Å². The van der Waals surface area contributed by atoms with Crippen molar-refractivity contribution in [3.8, 4) is 0 Å². The molecule has 0 spiro atoms. The van der Waals surface area contributed by atoms with Crippen molar-refractivity contribution >= 4 is 22.9 Å². The molecule has 0 radical (unpaired) electrons. The second-order valence-corrected chi connectivity index (χ2v) is 5.19. The van der Waals surface area contributed by atoms with Gasteiger partial charge in [0.2, 0.25) is 0 Å². The van der Waals surface area contributed by atoms with E-state index >= 15 is 0 Å². The molecule has 7 heteroatoms. The molecular formula is C12H13F3N2OS. The minimum absolute atomic E-state index is 0.00701. The smallest absolute Gasteiger partial charge is 0.402 e. The number of rotatable bonds is 4. The predicted molar refractivity (Wildman–Crippen MR) is 68.0 cm³/mol. The third kappa shape index (κ3) is 3.22. The van der Waals surface area contributed by atoms with E-state index in [1.54, 1.807) is 31.2 Å². The molecule has 0 saturated heterocycles. The summed E-state index contributed by atoms with van der Waals surface area (Å²) in [6.45, 7) is 1.62. The molecule has 0 fully saturated rings. The van der Waals surface area contributed by atoms with E-state index in [1.165, 1.54) is 0 Å². The number of halogens is 3. The highest BCUT2D eigenvalue weighted by molar-refractivity contribution is 7.99. The van der Waals surface area contributed by atoms with Gasteiger partial charge in [0.1, 0.15) is 10.8 Å². The Morgan fingerprint density at radius 3 is 2.63 bits per heavy atom. The maximum absolute atomic E-state index is 12.9. The summed E-state index contributed by atoms with van der Waals surface area (Å²) in [4.78, 5) is 4.02. The first-order valence-corrected chi connectivity index (χ1v) is 6.64. The minimum Gasteiger partial charge on any atom is -0.431 e. The van der Waals surface area contributed by atoms with Crippen LogP contribution in [0.5, 0.6) is 0 Å². The van der Waals surface area contributed by atoms with E-state index in [0.717, 1.165) is 0 Å². The summed E-state index contributed by atoms with van der Waals surface area (Å²) in [6, 6.07) is 5.85. The number of fused-ring (bicyclic) bond motifs is 1. The molecule has 0 aliphatic rings. The van der Waals surface area contributed by atoms with Crippen LogP contribution in [0.4, 0.5) is 13.2 Å². The van der Waals surface area contributed by atoms with Crippen LogP contribution in [-0.2, 0) is 0 Å². The SMILES string of the molecule is CCC(N)C(Sc1nc2ccccc2o1)C(F)(F)F. The van der Waals surface area contributed by atoms with E-state index in [1.807, 2.05) is 0 Å². The second kappa shape index (κ2) is 5.42. The third-order valence-electron chi connectivity index (χ3n) is 2.68. The number of thioether (sulfide) groups is 1. The van der Waals surface area contributed by atoms with Crippen LogP contribution in [0.2, 0.25) is 0 Å². The number of aromatic nitrogens is 1. The summed E-state index contributed by atoms with van der Waals surface area (Å²) in [5.74, 6) is 0. The zero-order valence-corrected chi connectivity index (χ0v) is 11.0. The lowest BCUT2D eigenvalue weighted by atomic mass is 10.1. The third-order valence-corrected chi connectivity index (χ3v) is 3.93. The molecule has 2 aromatic rings. The lowest BCUT2D eigenvalue weighted by Crippen LogP contribution is -2.42. The molecule has 0 saturated carbocycles. The molecule has 19 heavy (non-hydrogen) atoms. The van der Waals surface area contributed by atoms with Crippen molar-refractivity contribution in [3.63, 3.8) is 0 Å². The van der Waals surface area contributed by atoms with Crippen LogP contribution in [0, 0.1) is 0 Å². The number of para-hydroxylation sites is 2. The first-order chi connectivity index (χ1) is 8.91. The highest BCUT2D eigenvalue weighted by atomic mass is 32.2. The number of benzene rings is 1. The van der Waals surface area contributed by atoms with Crippen molar-refractivity contribution in [1.82, 2.24) is 4.98 Å². The minimum atomic E-state index is -4.39. The molecule has 0 bridgehead atoms. The summed E-state index contributed by atoms with van der Waals surface area (Å²) < 4.78 is 44.1. The average Bonchev–Trinajstić information content (AvgIpc) is 2.76. The van der Waals surface area contributed by atoms with E-state index in [0.29, 0.717) is 22.9 Å². The molecule has 2 rings (SSSR count). The van der Waals surface area contributed by atoms with Gasteiger partial charge in [0, 0.05) is 6.04 Å². The fourth-order valence-corrected chi connectivity index (χ4v) is 2.63. The Morgan fingerprint density at radius 2 is 2.05 bits per heavy atom. The van der Waals surface area contributed by atoms with E-state index in [-0.39, 0.29) is 11.6 Å². The topological polar surface area (TPSA) is 52.0 Å². The number of hydrogen-bond acceptors (Lipinski definition) is 4. The largest absolute Gasteiger partial charge is 0.431 e. The number of oxazole rings is 1. The first kappa shape index (κ1) is 14.2. The number of nitrogens with zero attached hydrogens (tertiary/aromatic N) is 1. The van der Waals surface area contributed by atoms with Crippen LogP contribution < -0.4 is 5.73 Å². The lowest BCUT2D eigenvalue weighted by molar-refractivity contribution is -0.132.